The largest absolute Gasteiger partial charge is 0.508 e. The van der Waals surface area contributed by atoms with E-state index in [2.05, 4.69) is 11.8 Å². The predicted molar refractivity (Wildman–Crippen MR) is 69.8 cm³/mol. The molecule has 0 amide bonds. The first-order chi connectivity index (χ1) is 8.56. The minimum absolute atomic E-state index is 0.0994. The van der Waals surface area contributed by atoms with Crippen LogP contribution in [0.5, 0.6) is 11.5 Å². The van der Waals surface area contributed by atoms with Crippen molar-refractivity contribution >= 4 is 0 Å². The minimum atomic E-state index is 0.0994. The third-order valence-corrected chi connectivity index (χ3v) is 3.58. The Labute approximate surface area is 108 Å². The predicted octanol–water partition coefficient (Wildman–Crippen LogP) is 2.27. The topological polar surface area (TPSA) is 52.9 Å². The second-order valence-electron chi connectivity index (χ2n) is 5.03. The first kappa shape index (κ1) is 13.2. The lowest BCUT2D eigenvalue weighted by molar-refractivity contribution is 0.0703. The number of ether oxygens (including phenoxy) is 1. The Balaban J connectivity index is 2.02. The number of benzene rings is 1. The molecular formula is C14H21NO3. The molecule has 1 aliphatic heterocycles. The van der Waals surface area contributed by atoms with Crippen molar-refractivity contribution in [3.05, 3.63) is 23.8 Å². The fourth-order valence-electron chi connectivity index (χ4n) is 2.38. The molecule has 1 aliphatic rings. The van der Waals surface area contributed by atoms with Gasteiger partial charge in [-0.2, -0.15) is 0 Å². The van der Waals surface area contributed by atoms with Gasteiger partial charge >= 0.3 is 0 Å². The molecule has 0 radical (unpaired) electrons. The van der Waals surface area contributed by atoms with Gasteiger partial charge in [-0.1, -0.05) is 0 Å². The fraction of sp³-hybridized carbons (Fsp3) is 0.571. The van der Waals surface area contributed by atoms with Crippen LogP contribution in [0.4, 0.5) is 0 Å². The monoisotopic (exact) mass is 251 g/mol. The summed E-state index contributed by atoms with van der Waals surface area (Å²) in [7, 11) is 2.04. The lowest BCUT2D eigenvalue weighted by Crippen LogP contribution is -2.31. The zero-order valence-corrected chi connectivity index (χ0v) is 11.0. The summed E-state index contributed by atoms with van der Waals surface area (Å²) in [5.41, 5.74) is 0.910. The molecule has 0 aromatic heterocycles. The van der Waals surface area contributed by atoms with Crippen molar-refractivity contribution in [2.24, 2.45) is 0 Å². The molecule has 2 N–H and O–H groups in total. The van der Waals surface area contributed by atoms with Crippen LogP contribution < -0.4 is 0 Å². The average Bonchev–Trinajstić information content (AvgIpc) is 2.79. The lowest BCUT2D eigenvalue weighted by Gasteiger charge is -2.27. The summed E-state index contributed by atoms with van der Waals surface area (Å²) >= 11 is 0. The number of phenols is 2. The Morgan fingerprint density at radius 1 is 1.33 bits per heavy atom. The van der Waals surface area contributed by atoms with Gasteiger partial charge in [0.15, 0.2) is 0 Å². The molecule has 1 aromatic rings. The normalized spacial score (nSPS) is 21.4. The molecule has 1 heterocycles. The Bertz CT molecular complexity index is 382. The van der Waals surface area contributed by atoms with E-state index >= 15 is 0 Å². The van der Waals surface area contributed by atoms with Gasteiger partial charge in [0, 0.05) is 25.3 Å². The fourth-order valence-corrected chi connectivity index (χ4v) is 2.38. The standard InChI is InChI=1S/C14H21NO3/c1-10(11-6-12(16)8-13(17)7-11)15(2)9-14-4-3-5-18-14/h6-8,10,14,16-17H,3-5,9H2,1-2H3. The molecule has 0 spiro atoms. The van der Waals surface area contributed by atoms with Crippen molar-refractivity contribution in [1.82, 2.24) is 4.90 Å². The number of rotatable bonds is 4. The molecule has 1 fully saturated rings. The highest BCUT2D eigenvalue weighted by atomic mass is 16.5. The summed E-state index contributed by atoms with van der Waals surface area (Å²) in [6.45, 7) is 3.79. The minimum Gasteiger partial charge on any atom is -0.508 e. The van der Waals surface area contributed by atoms with E-state index in [0.29, 0.717) is 6.10 Å². The number of hydrogen-bond acceptors (Lipinski definition) is 4. The maximum Gasteiger partial charge on any atom is 0.119 e. The van der Waals surface area contributed by atoms with Gasteiger partial charge in [-0.15, -0.1) is 0 Å². The van der Waals surface area contributed by atoms with Crippen LogP contribution in [0, 0.1) is 0 Å². The maximum absolute atomic E-state index is 9.51. The van der Waals surface area contributed by atoms with Gasteiger partial charge in [-0.05, 0) is 44.5 Å². The Morgan fingerprint density at radius 3 is 2.56 bits per heavy atom. The average molecular weight is 251 g/mol. The third kappa shape index (κ3) is 3.15. The molecule has 0 aliphatic carbocycles. The van der Waals surface area contributed by atoms with Crippen LogP contribution in [0.15, 0.2) is 18.2 Å². The highest BCUT2D eigenvalue weighted by Gasteiger charge is 2.21. The van der Waals surface area contributed by atoms with Gasteiger partial charge in [0.05, 0.1) is 6.10 Å². The summed E-state index contributed by atoms with van der Waals surface area (Å²) in [5, 5.41) is 19.0. The van der Waals surface area contributed by atoms with Crippen molar-refractivity contribution < 1.29 is 14.9 Å². The van der Waals surface area contributed by atoms with Crippen LogP contribution in [0.3, 0.4) is 0 Å². The highest BCUT2D eigenvalue weighted by molar-refractivity contribution is 5.37. The molecule has 0 bridgehead atoms. The summed E-state index contributed by atoms with van der Waals surface area (Å²) in [6, 6.07) is 4.86. The quantitative estimate of drug-likeness (QED) is 0.862. The zero-order valence-electron chi connectivity index (χ0n) is 11.0. The molecule has 100 valence electrons. The van der Waals surface area contributed by atoms with Crippen LogP contribution >= 0.6 is 0 Å². The molecule has 18 heavy (non-hydrogen) atoms. The lowest BCUT2D eigenvalue weighted by atomic mass is 10.1. The Morgan fingerprint density at radius 2 is 2.00 bits per heavy atom. The number of phenolic OH excluding ortho intramolecular Hbond substituents is 2. The van der Waals surface area contributed by atoms with Gasteiger partial charge in [-0.3, -0.25) is 4.90 Å². The molecule has 2 rings (SSSR count). The first-order valence-corrected chi connectivity index (χ1v) is 6.41. The van der Waals surface area contributed by atoms with Crippen molar-refractivity contribution in [1.29, 1.82) is 0 Å². The third-order valence-electron chi connectivity index (χ3n) is 3.58. The zero-order chi connectivity index (χ0) is 13.1. The van der Waals surface area contributed by atoms with Crippen LogP contribution in [-0.2, 0) is 4.74 Å². The first-order valence-electron chi connectivity index (χ1n) is 6.41. The molecule has 4 nitrogen and oxygen atoms in total. The molecule has 4 heteroatoms. The Kier molecular flexibility index (Phi) is 4.09. The van der Waals surface area contributed by atoms with Crippen LogP contribution in [0.2, 0.25) is 0 Å². The number of nitrogens with zero attached hydrogens (tertiary/aromatic N) is 1. The number of aromatic hydroxyl groups is 2. The van der Waals surface area contributed by atoms with Crippen molar-refractivity contribution in [3.63, 3.8) is 0 Å². The summed E-state index contributed by atoms with van der Waals surface area (Å²) in [4.78, 5) is 2.18. The second kappa shape index (κ2) is 5.59. The van der Waals surface area contributed by atoms with Gasteiger partial charge in [0.1, 0.15) is 11.5 Å². The molecule has 1 saturated heterocycles. The van der Waals surface area contributed by atoms with E-state index < -0.39 is 0 Å². The van der Waals surface area contributed by atoms with Gasteiger partial charge in [0.25, 0.3) is 0 Å². The number of hydrogen-bond donors (Lipinski definition) is 2. The van der Waals surface area contributed by atoms with Gasteiger partial charge in [-0.25, -0.2) is 0 Å². The van der Waals surface area contributed by atoms with Crippen molar-refractivity contribution in [2.45, 2.75) is 31.9 Å². The maximum atomic E-state index is 9.51. The van der Waals surface area contributed by atoms with Gasteiger partial charge in [0.2, 0.25) is 0 Å². The summed E-state index contributed by atoms with van der Waals surface area (Å²) in [5.74, 6) is 0.199. The van der Waals surface area contributed by atoms with Crippen molar-refractivity contribution in [2.75, 3.05) is 20.2 Å². The van der Waals surface area contributed by atoms with Gasteiger partial charge < -0.3 is 14.9 Å². The second-order valence-corrected chi connectivity index (χ2v) is 5.03. The molecule has 1 aromatic carbocycles. The molecular weight excluding hydrogens is 230 g/mol. The van der Waals surface area contributed by atoms with Crippen LogP contribution in [-0.4, -0.2) is 41.4 Å². The number of likely N-dealkylation sites (N-methyl/N-ethyl adjacent to an activating group) is 1. The smallest absolute Gasteiger partial charge is 0.119 e. The van der Waals surface area contributed by atoms with E-state index in [1.165, 1.54) is 6.07 Å². The molecule has 0 saturated carbocycles. The SMILES string of the molecule is CC(c1cc(O)cc(O)c1)N(C)CC1CCCO1. The van der Waals surface area contributed by atoms with E-state index in [-0.39, 0.29) is 17.5 Å². The Hall–Kier alpha value is -1.26. The van der Waals surface area contributed by atoms with Crippen LogP contribution in [0.25, 0.3) is 0 Å². The molecule has 2 atom stereocenters. The van der Waals surface area contributed by atoms with E-state index in [1.54, 1.807) is 12.1 Å². The summed E-state index contributed by atoms with van der Waals surface area (Å²) < 4.78 is 5.62. The van der Waals surface area contributed by atoms with E-state index in [1.807, 2.05) is 7.05 Å². The van der Waals surface area contributed by atoms with E-state index in [9.17, 15) is 10.2 Å². The van der Waals surface area contributed by atoms with Crippen molar-refractivity contribution in [3.8, 4) is 11.5 Å². The van der Waals surface area contributed by atoms with Crippen LogP contribution in [0.1, 0.15) is 31.4 Å². The molecule has 2 unspecified atom stereocenters. The van der Waals surface area contributed by atoms with E-state index in [4.69, 9.17) is 4.74 Å². The highest BCUT2D eigenvalue weighted by Crippen LogP contribution is 2.28. The summed E-state index contributed by atoms with van der Waals surface area (Å²) in [6.07, 6.45) is 2.56. The van der Waals surface area contributed by atoms with E-state index in [0.717, 1.165) is 31.6 Å².